The van der Waals surface area contributed by atoms with Gasteiger partial charge in [0, 0.05) is 38.1 Å². The van der Waals surface area contributed by atoms with Crippen molar-refractivity contribution in [3.05, 3.63) is 24.0 Å². The smallest absolute Gasteiger partial charge is 0.272 e. The van der Waals surface area contributed by atoms with Crippen molar-refractivity contribution in [3.63, 3.8) is 0 Å². The van der Waals surface area contributed by atoms with E-state index in [1.165, 1.54) is 0 Å². The fraction of sp³-hybridized carbons (Fsp3) is 0.647. The molecular formula is C17H27N3O3S. The summed E-state index contributed by atoms with van der Waals surface area (Å²) < 4.78 is 23.5. The molecule has 24 heavy (non-hydrogen) atoms. The van der Waals surface area contributed by atoms with Crippen molar-refractivity contribution in [1.82, 2.24) is 9.88 Å². The normalized spacial score (nSPS) is 19.2. The summed E-state index contributed by atoms with van der Waals surface area (Å²) in [5.74, 6) is 0.327. The maximum Gasteiger partial charge on any atom is 0.272 e. The third-order valence-electron chi connectivity index (χ3n) is 4.48. The third-order valence-corrected chi connectivity index (χ3v) is 6.23. The van der Waals surface area contributed by atoms with Gasteiger partial charge >= 0.3 is 0 Å². The number of sulfone groups is 1. The second kappa shape index (κ2) is 7.96. The summed E-state index contributed by atoms with van der Waals surface area (Å²) in [6.45, 7) is 5.50. The Kier molecular flexibility index (Phi) is 6.21. The van der Waals surface area contributed by atoms with Crippen molar-refractivity contribution < 1.29 is 13.2 Å². The summed E-state index contributed by atoms with van der Waals surface area (Å²) in [5, 5.41) is 0. The van der Waals surface area contributed by atoms with Crippen LogP contribution in [0.4, 0.5) is 5.69 Å². The molecule has 1 aliphatic rings. The van der Waals surface area contributed by atoms with Crippen LogP contribution in [0.3, 0.4) is 0 Å². The van der Waals surface area contributed by atoms with E-state index in [9.17, 15) is 13.2 Å². The summed E-state index contributed by atoms with van der Waals surface area (Å²) in [5.41, 5.74) is 1.27. The molecule has 2 rings (SSSR count). The molecule has 1 saturated heterocycles. The highest BCUT2D eigenvalue weighted by molar-refractivity contribution is 7.91. The van der Waals surface area contributed by atoms with Crippen molar-refractivity contribution >= 4 is 21.4 Å². The summed E-state index contributed by atoms with van der Waals surface area (Å²) >= 11 is 0. The summed E-state index contributed by atoms with van der Waals surface area (Å²) in [7, 11) is -1.16. The Hall–Kier alpha value is -1.63. The number of carbonyl (C=O) groups excluding carboxylic acids is 1. The lowest BCUT2D eigenvalue weighted by atomic mass is 10.2. The van der Waals surface area contributed by atoms with Crippen LogP contribution in [0.1, 0.15) is 43.6 Å². The van der Waals surface area contributed by atoms with Gasteiger partial charge in [0.1, 0.15) is 5.69 Å². The predicted octanol–water partition coefficient (Wildman–Crippen LogP) is 1.97. The van der Waals surface area contributed by atoms with E-state index in [2.05, 4.69) is 16.8 Å². The van der Waals surface area contributed by atoms with Crippen LogP contribution in [0.2, 0.25) is 0 Å². The molecule has 1 aromatic heterocycles. The lowest BCUT2D eigenvalue weighted by Gasteiger charge is -2.29. The molecule has 1 aromatic rings. The van der Waals surface area contributed by atoms with Crippen LogP contribution in [-0.2, 0) is 9.84 Å². The third kappa shape index (κ3) is 4.47. The van der Waals surface area contributed by atoms with Crippen LogP contribution in [0.25, 0.3) is 0 Å². The largest absolute Gasteiger partial charge is 0.368 e. The zero-order chi connectivity index (χ0) is 17.7. The Morgan fingerprint density at radius 2 is 2.12 bits per heavy atom. The molecule has 1 amide bonds. The molecule has 0 spiro atoms. The van der Waals surface area contributed by atoms with Gasteiger partial charge in [-0.2, -0.15) is 0 Å². The number of pyridine rings is 1. The van der Waals surface area contributed by atoms with Crippen molar-refractivity contribution in [3.8, 4) is 0 Å². The van der Waals surface area contributed by atoms with Crippen LogP contribution in [0, 0.1) is 0 Å². The minimum absolute atomic E-state index is 0.0248. The molecule has 1 fully saturated rings. The van der Waals surface area contributed by atoms with E-state index >= 15 is 0 Å². The molecule has 0 aliphatic carbocycles. The van der Waals surface area contributed by atoms with Gasteiger partial charge in [0.25, 0.3) is 5.91 Å². The Bertz CT molecular complexity index is 675. The van der Waals surface area contributed by atoms with Crippen molar-refractivity contribution in [1.29, 1.82) is 0 Å². The molecular weight excluding hydrogens is 326 g/mol. The number of hydrogen-bond acceptors (Lipinski definition) is 5. The van der Waals surface area contributed by atoms with Crippen LogP contribution in [-0.4, -0.2) is 61.9 Å². The highest BCUT2D eigenvalue weighted by Crippen LogP contribution is 2.24. The van der Waals surface area contributed by atoms with E-state index in [1.54, 1.807) is 24.2 Å². The number of aromatic nitrogens is 1. The van der Waals surface area contributed by atoms with Gasteiger partial charge in [-0.25, -0.2) is 8.42 Å². The van der Waals surface area contributed by atoms with Gasteiger partial charge < -0.3 is 9.80 Å². The monoisotopic (exact) mass is 353 g/mol. The molecule has 0 saturated carbocycles. The fourth-order valence-electron chi connectivity index (χ4n) is 3.08. The maximum absolute atomic E-state index is 12.5. The summed E-state index contributed by atoms with van der Waals surface area (Å²) in [6.07, 6.45) is 4.26. The molecule has 1 atom stereocenters. The minimum atomic E-state index is -2.94. The summed E-state index contributed by atoms with van der Waals surface area (Å²) in [4.78, 5) is 20.4. The van der Waals surface area contributed by atoms with E-state index in [-0.39, 0.29) is 23.5 Å². The number of carbonyl (C=O) groups is 1. The van der Waals surface area contributed by atoms with Crippen LogP contribution in [0.5, 0.6) is 0 Å². The predicted molar refractivity (Wildman–Crippen MR) is 96.2 cm³/mol. The van der Waals surface area contributed by atoms with Crippen molar-refractivity contribution in [2.45, 2.75) is 39.2 Å². The number of amides is 1. The first kappa shape index (κ1) is 18.7. The molecule has 1 unspecified atom stereocenters. The van der Waals surface area contributed by atoms with Crippen LogP contribution < -0.4 is 4.90 Å². The topological polar surface area (TPSA) is 70.6 Å². The maximum atomic E-state index is 12.5. The average molecular weight is 353 g/mol. The Morgan fingerprint density at radius 1 is 1.38 bits per heavy atom. The lowest BCUT2D eigenvalue weighted by Crippen LogP contribution is -2.36. The molecule has 0 aromatic carbocycles. The minimum Gasteiger partial charge on any atom is -0.368 e. The van der Waals surface area contributed by atoms with Gasteiger partial charge in [0.15, 0.2) is 9.84 Å². The Labute approximate surface area is 144 Å². The average Bonchev–Trinajstić information content (AvgIpc) is 2.92. The van der Waals surface area contributed by atoms with Crippen molar-refractivity contribution in [2.24, 2.45) is 0 Å². The molecule has 1 aliphatic heterocycles. The molecule has 2 heterocycles. The molecule has 0 radical (unpaired) electrons. The second-order valence-corrected chi connectivity index (χ2v) is 8.55. The SMILES string of the molecule is CCCCN(C)C(=O)c1cc(N(CC)C2CCS(=O)(=O)C2)ccn1. The van der Waals surface area contributed by atoms with E-state index in [0.717, 1.165) is 18.5 Å². The highest BCUT2D eigenvalue weighted by atomic mass is 32.2. The van der Waals surface area contributed by atoms with Gasteiger partial charge in [0.05, 0.1) is 11.5 Å². The first-order valence-corrected chi connectivity index (χ1v) is 10.4. The number of unbranched alkanes of at least 4 members (excludes halogenated alkanes) is 1. The number of anilines is 1. The van der Waals surface area contributed by atoms with E-state index < -0.39 is 9.84 Å². The standard InChI is InChI=1S/C17H27N3O3S/c1-4-6-10-19(3)17(21)16-12-14(7-9-18-16)20(5-2)15-8-11-24(22,23)13-15/h7,9,12,15H,4-6,8,10-11,13H2,1-3H3. The second-order valence-electron chi connectivity index (χ2n) is 6.32. The van der Waals surface area contributed by atoms with Gasteiger partial charge in [0.2, 0.25) is 0 Å². The van der Waals surface area contributed by atoms with Gasteiger partial charge in [-0.3, -0.25) is 9.78 Å². The van der Waals surface area contributed by atoms with Crippen molar-refractivity contribution in [2.75, 3.05) is 36.5 Å². The molecule has 0 bridgehead atoms. The Morgan fingerprint density at radius 3 is 2.71 bits per heavy atom. The van der Waals surface area contributed by atoms with E-state index in [1.807, 2.05) is 13.0 Å². The quantitative estimate of drug-likeness (QED) is 0.749. The zero-order valence-corrected chi connectivity index (χ0v) is 15.6. The molecule has 134 valence electrons. The van der Waals surface area contributed by atoms with Gasteiger partial charge in [-0.05, 0) is 31.9 Å². The molecule has 7 heteroatoms. The van der Waals surface area contributed by atoms with Crippen LogP contribution >= 0.6 is 0 Å². The van der Waals surface area contributed by atoms with E-state index in [4.69, 9.17) is 0 Å². The lowest BCUT2D eigenvalue weighted by molar-refractivity contribution is 0.0787. The first-order chi connectivity index (χ1) is 11.4. The highest BCUT2D eigenvalue weighted by Gasteiger charge is 2.32. The Balaban J connectivity index is 2.17. The van der Waals surface area contributed by atoms with Crippen LogP contribution in [0.15, 0.2) is 18.3 Å². The number of rotatable bonds is 7. The molecule has 6 nitrogen and oxygen atoms in total. The number of hydrogen-bond donors (Lipinski definition) is 0. The van der Waals surface area contributed by atoms with Gasteiger partial charge in [-0.15, -0.1) is 0 Å². The van der Waals surface area contributed by atoms with E-state index in [0.29, 0.717) is 25.2 Å². The zero-order valence-electron chi connectivity index (χ0n) is 14.7. The molecule has 0 N–H and O–H groups in total. The first-order valence-electron chi connectivity index (χ1n) is 8.56. The number of nitrogens with zero attached hydrogens (tertiary/aromatic N) is 3. The fourth-order valence-corrected chi connectivity index (χ4v) is 4.81. The van der Waals surface area contributed by atoms with Gasteiger partial charge in [-0.1, -0.05) is 13.3 Å². The summed E-state index contributed by atoms with van der Waals surface area (Å²) in [6, 6.07) is 3.60.